The molecule has 21 aromatic carbocycles. The quantitative estimate of drug-likeness (QED) is 0.135. The number of hydrogen-bond donors (Lipinski definition) is 0. The summed E-state index contributed by atoms with van der Waals surface area (Å²) < 4.78 is 0. The Morgan fingerprint density at radius 2 is 0.130 bits per heavy atom. The Labute approximate surface area is 885 Å². The largest absolute Gasteiger partial charge is 0.0683 e. The van der Waals surface area contributed by atoms with Gasteiger partial charge in [0.2, 0.25) is 0 Å². The summed E-state index contributed by atoms with van der Waals surface area (Å²) in [5, 5.41) is 0. The van der Waals surface area contributed by atoms with Crippen molar-refractivity contribution in [1.29, 1.82) is 0 Å². The first kappa shape index (κ1) is 126. The first-order chi connectivity index (χ1) is 72.3. The van der Waals surface area contributed by atoms with Gasteiger partial charge in [0.15, 0.2) is 0 Å². The fourth-order valence-corrected chi connectivity index (χ4v) is 13.1. The number of rotatable bonds is 9. The van der Waals surface area contributed by atoms with Gasteiger partial charge >= 0.3 is 0 Å². The van der Waals surface area contributed by atoms with Gasteiger partial charge < -0.3 is 0 Å². The molecular formula is C146H164. The molecule has 748 valence electrons. The summed E-state index contributed by atoms with van der Waals surface area (Å²) in [7, 11) is 0. The van der Waals surface area contributed by atoms with E-state index in [0.717, 1.165) is 0 Å². The summed E-state index contributed by atoms with van der Waals surface area (Å²) in [6.07, 6.45) is 0. The minimum atomic E-state index is 1.26. The molecule has 21 rings (SSSR count). The lowest BCUT2D eigenvalue weighted by Gasteiger charge is -2.05. The van der Waals surface area contributed by atoms with Gasteiger partial charge in [-0.1, -0.05) is 758 Å². The van der Waals surface area contributed by atoms with Gasteiger partial charge in [0.25, 0.3) is 0 Å². The van der Waals surface area contributed by atoms with Crippen LogP contribution in [0, 0.1) is 27.7 Å². The Morgan fingerprint density at radius 3 is 0.199 bits per heavy atom. The highest BCUT2D eigenvalue weighted by Crippen LogP contribution is 2.28. The molecule has 0 aliphatic heterocycles. The molecule has 146 heavy (non-hydrogen) atoms. The van der Waals surface area contributed by atoms with Crippen LogP contribution in [0.15, 0.2) is 631 Å². The van der Waals surface area contributed by atoms with E-state index in [2.05, 4.69) is 489 Å². The second-order valence-corrected chi connectivity index (χ2v) is 30.1. The fourth-order valence-electron chi connectivity index (χ4n) is 13.1. The van der Waals surface area contributed by atoms with Crippen molar-refractivity contribution in [1.82, 2.24) is 0 Å². The second-order valence-electron chi connectivity index (χ2n) is 30.1. The van der Waals surface area contributed by atoms with Crippen molar-refractivity contribution in [2.24, 2.45) is 0 Å². The van der Waals surface area contributed by atoms with Crippen molar-refractivity contribution in [3.8, 4) is 100 Å². The molecule has 0 saturated carbocycles. The standard InChI is InChI=1S/C18H14.7C12H10.4C7H8.8C2H6/c1-3-8-15(9-4-1)17-12-7-13-18(14-17)16-10-5-2-6-11-16;7*1-3-7-11(8-4-1)12-9-5-2-6-10-12;4*1-7-5-3-2-4-6-7;8*1-2/h1-14H;7*1-10H;4*2-6H,1H3;8*1-2H3. The molecule has 0 radical (unpaired) electrons. The normalized spacial score (nSPS) is 8.82. The van der Waals surface area contributed by atoms with Gasteiger partial charge in [-0.15, -0.1) is 0 Å². The third-order valence-electron chi connectivity index (χ3n) is 20.0. The minimum absolute atomic E-state index is 1.26. The zero-order chi connectivity index (χ0) is 106. The molecule has 0 saturated heterocycles. The maximum Gasteiger partial charge on any atom is -0.0178 e. The number of benzene rings is 21. The lowest BCUT2D eigenvalue weighted by molar-refractivity contribution is 1.48. The van der Waals surface area contributed by atoms with Crippen molar-refractivity contribution in [3.63, 3.8) is 0 Å². The van der Waals surface area contributed by atoms with Crippen LogP contribution in [-0.2, 0) is 0 Å². The van der Waals surface area contributed by atoms with Crippen LogP contribution in [0.1, 0.15) is 133 Å². The van der Waals surface area contributed by atoms with E-state index >= 15 is 0 Å². The Morgan fingerprint density at radius 1 is 0.0685 bits per heavy atom. The first-order valence-corrected chi connectivity index (χ1v) is 52.3. The van der Waals surface area contributed by atoms with Gasteiger partial charge in [-0.05, 0) is 134 Å². The molecule has 0 aliphatic rings. The Balaban J connectivity index is 0.000000535. The van der Waals surface area contributed by atoms with Gasteiger partial charge in [-0.3, -0.25) is 0 Å². The second kappa shape index (κ2) is 88.8. The molecule has 0 spiro atoms. The summed E-state index contributed by atoms with van der Waals surface area (Å²) in [4.78, 5) is 0. The molecule has 0 atom stereocenters. The molecule has 0 fully saturated rings. The third kappa shape index (κ3) is 56.9. The van der Waals surface area contributed by atoms with E-state index < -0.39 is 0 Å². The van der Waals surface area contributed by atoms with Gasteiger partial charge in [-0.25, -0.2) is 0 Å². The van der Waals surface area contributed by atoms with Crippen LogP contribution in [0.25, 0.3) is 100 Å². The SMILES string of the molecule is CC.CC.CC.CC.CC.CC.CC.CC.Cc1ccccc1.Cc1ccccc1.Cc1ccccc1.Cc1ccccc1.c1ccc(-c2cccc(-c3ccccc3)c2)cc1.c1ccc(-c2ccccc2)cc1.c1ccc(-c2ccccc2)cc1.c1ccc(-c2ccccc2)cc1.c1ccc(-c2ccccc2)cc1.c1ccc(-c2ccccc2)cc1.c1ccc(-c2ccccc2)cc1.c1ccc(-c2ccccc2)cc1. The van der Waals surface area contributed by atoms with Crippen LogP contribution in [-0.4, -0.2) is 0 Å². The molecule has 0 nitrogen and oxygen atoms in total. The number of hydrogen-bond acceptors (Lipinski definition) is 0. The highest BCUT2D eigenvalue weighted by atomic mass is 14.1. The van der Waals surface area contributed by atoms with Crippen molar-refractivity contribution in [3.05, 3.63) is 653 Å². The van der Waals surface area contributed by atoms with Gasteiger partial charge in [-0.2, -0.15) is 0 Å². The molecule has 0 amide bonds. The number of aryl methyl sites for hydroxylation is 4. The first-order valence-electron chi connectivity index (χ1n) is 52.3. The Hall–Kier alpha value is -16.4. The monoisotopic (exact) mass is 1920 g/mol. The zero-order valence-corrected chi connectivity index (χ0v) is 91.0. The molecule has 0 heterocycles. The molecule has 0 bridgehead atoms. The summed E-state index contributed by atoms with van der Waals surface area (Å²) in [6.45, 7) is 40.3. The summed E-state index contributed by atoms with van der Waals surface area (Å²) in [5.41, 5.74) is 28.2. The lowest BCUT2D eigenvalue weighted by atomic mass is 9.99. The minimum Gasteiger partial charge on any atom is -0.0683 e. The molecule has 0 unspecified atom stereocenters. The van der Waals surface area contributed by atoms with E-state index in [9.17, 15) is 0 Å². The average Bonchev–Trinajstić information content (AvgIpc) is 0.835. The van der Waals surface area contributed by atoms with E-state index in [-0.39, 0.29) is 0 Å². The van der Waals surface area contributed by atoms with Crippen molar-refractivity contribution in [2.75, 3.05) is 0 Å². The third-order valence-corrected chi connectivity index (χ3v) is 20.0. The zero-order valence-electron chi connectivity index (χ0n) is 91.0. The predicted molar refractivity (Wildman–Crippen MR) is 656 cm³/mol. The maximum atomic E-state index is 2.24. The molecular weight excluding hydrogens is 1750 g/mol. The molecule has 0 heteroatoms. The van der Waals surface area contributed by atoms with Gasteiger partial charge in [0.1, 0.15) is 0 Å². The lowest BCUT2D eigenvalue weighted by Crippen LogP contribution is -1.80. The van der Waals surface area contributed by atoms with Crippen LogP contribution >= 0.6 is 0 Å². The summed E-state index contributed by atoms with van der Waals surface area (Å²) in [6, 6.07) is 216. The van der Waals surface area contributed by atoms with Crippen LogP contribution in [0.4, 0.5) is 0 Å². The highest BCUT2D eigenvalue weighted by Gasteiger charge is 2.03. The van der Waals surface area contributed by atoms with Gasteiger partial charge in [0, 0.05) is 0 Å². The topological polar surface area (TPSA) is 0 Å². The van der Waals surface area contributed by atoms with Crippen LogP contribution < -0.4 is 0 Å². The van der Waals surface area contributed by atoms with E-state index in [1.807, 2.05) is 281 Å². The van der Waals surface area contributed by atoms with E-state index in [4.69, 9.17) is 0 Å². The Kier molecular flexibility index (Phi) is 76.4. The van der Waals surface area contributed by atoms with Crippen molar-refractivity contribution < 1.29 is 0 Å². The average molecular weight is 1920 g/mol. The van der Waals surface area contributed by atoms with E-state index in [1.54, 1.807) is 0 Å². The predicted octanol–water partition coefficient (Wildman–Crippen LogP) is 44.7. The van der Waals surface area contributed by atoms with E-state index in [1.165, 1.54) is 122 Å². The fraction of sp³-hybridized carbons (Fsp3) is 0.137. The smallest absolute Gasteiger partial charge is 0.0178 e. The molecule has 0 aliphatic carbocycles. The van der Waals surface area contributed by atoms with E-state index in [0.29, 0.717) is 0 Å². The summed E-state index contributed by atoms with van der Waals surface area (Å²) in [5.74, 6) is 0. The Bertz CT molecular complexity index is 5060. The maximum absolute atomic E-state index is 2.24. The van der Waals surface area contributed by atoms with Crippen molar-refractivity contribution in [2.45, 2.75) is 138 Å². The highest BCUT2D eigenvalue weighted by molar-refractivity contribution is 5.74. The van der Waals surface area contributed by atoms with Gasteiger partial charge in [0.05, 0.1) is 0 Å². The summed E-state index contributed by atoms with van der Waals surface area (Å²) >= 11 is 0. The van der Waals surface area contributed by atoms with Crippen LogP contribution in [0.2, 0.25) is 0 Å². The molecule has 21 aromatic rings. The van der Waals surface area contributed by atoms with Crippen LogP contribution in [0.3, 0.4) is 0 Å². The molecule has 0 aromatic heterocycles. The van der Waals surface area contributed by atoms with Crippen molar-refractivity contribution >= 4 is 0 Å². The van der Waals surface area contributed by atoms with Crippen LogP contribution in [0.5, 0.6) is 0 Å². The molecule has 0 N–H and O–H groups in total.